The zero-order valence-corrected chi connectivity index (χ0v) is 17.2. The summed E-state index contributed by atoms with van der Waals surface area (Å²) in [5.41, 5.74) is 1.89. The number of aromatic nitrogens is 1. The SMILES string of the molecule is CN=c1scc(-c2cc(OC)c(OC)c(OC)c2)n1N=CC1CCCCC1. The Bertz CT molecular complexity index is 839. The van der Waals surface area contributed by atoms with E-state index >= 15 is 0 Å². The second-order valence-corrected chi connectivity index (χ2v) is 7.35. The third-order valence-corrected chi connectivity index (χ3v) is 5.79. The molecule has 1 saturated carbocycles. The third kappa shape index (κ3) is 4.18. The maximum atomic E-state index is 5.50. The summed E-state index contributed by atoms with van der Waals surface area (Å²) in [6.45, 7) is 0. The van der Waals surface area contributed by atoms with Gasteiger partial charge in [0.1, 0.15) is 0 Å². The summed E-state index contributed by atoms with van der Waals surface area (Å²) in [5, 5.41) is 6.84. The van der Waals surface area contributed by atoms with Crippen molar-refractivity contribution < 1.29 is 14.2 Å². The van der Waals surface area contributed by atoms with Crippen LogP contribution in [0.1, 0.15) is 32.1 Å². The van der Waals surface area contributed by atoms with E-state index in [1.807, 2.05) is 16.8 Å². The van der Waals surface area contributed by atoms with Gasteiger partial charge in [0, 0.05) is 24.2 Å². The van der Waals surface area contributed by atoms with Crippen LogP contribution in [0.4, 0.5) is 0 Å². The van der Waals surface area contributed by atoms with Gasteiger partial charge in [-0.2, -0.15) is 5.10 Å². The minimum atomic E-state index is 0.545. The molecule has 1 aromatic heterocycles. The van der Waals surface area contributed by atoms with Crippen LogP contribution in [0.15, 0.2) is 27.6 Å². The fourth-order valence-electron chi connectivity index (χ4n) is 3.43. The number of rotatable bonds is 6. The first-order chi connectivity index (χ1) is 13.2. The summed E-state index contributed by atoms with van der Waals surface area (Å²) < 4.78 is 18.3. The molecule has 1 heterocycles. The Hall–Kier alpha value is -2.28. The normalized spacial score (nSPS) is 16.1. The molecule has 7 heteroatoms. The van der Waals surface area contributed by atoms with Gasteiger partial charge < -0.3 is 14.2 Å². The van der Waals surface area contributed by atoms with Gasteiger partial charge in [-0.15, -0.1) is 11.3 Å². The summed E-state index contributed by atoms with van der Waals surface area (Å²) in [7, 11) is 6.64. The highest BCUT2D eigenvalue weighted by atomic mass is 32.1. The molecule has 0 amide bonds. The van der Waals surface area contributed by atoms with Gasteiger partial charge >= 0.3 is 0 Å². The molecule has 1 aliphatic rings. The van der Waals surface area contributed by atoms with E-state index in [-0.39, 0.29) is 0 Å². The standard InChI is InChI=1S/C20H27N3O3S/c1-21-20-23(22-12-14-8-6-5-7-9-14)16(13-27-20)15-10-17(24-2)19(26-4)18(11-15)25-3/h10-14H,5-9H2,1-4H3. The van der Waals surface area contributed by atoms with Crippen molar-refractivity contribution in [1.82, 2.24) is 4.68 Å². The van der Waals surface area contributed by atoms with E-state index < -0.39 is 0 Å². The minimum Gasteiger partial charge on any atom is -0.493 e. The maximum absolute atomic E-state index is 5.50. The summed E-state index contributed by atoms with van der Waals surface area (Å²) in [6, 6.07) is 3.88. The quantitative estimate of drug-likeness (QED) is 0.696. The lowest BCUT2D eigenvalue weighted by Gasteiger charge is -2.17. The largest absolute Gasteiger partial charge is 0.493 e. The summed E-state index contributed by atoms with van der Waals surface area (Å²) >= 11 is 1.56. The molecule has 0 N–H and O–H groups in total. The molecule has 0 atom stereocenters. The molecule has 1 aliphatic carbocycles. The van der Waals surface area contributed by atoms with E-state index in [0.29, 0.717) is 23.2 Å². The number of hydrogen-bond donors (Lipinski definition) is 0. The van der Waals surface area contributed by atoms with Gasteiger partial charge in [0.05, 0.1) is 27.0 Å². The zero-order valence-electron chi connectivity index (χ0n) is 16.4. The van der Waals surface area contributed by atoms with E-state index in [2.05, 4.69) is 16.6 Å². The van der Waals surface area contributed by atoms with E-state index in [1.54, 1.807) is 39.7 Å². The van der Waals surface area contributed by atoms with Crippen molar-refractivity contribution in [3.05, 3.63) is 22.3 Å². The molecule has 146 valence electrons. The average Bonchev–Trinajstić information content (AvgIpc) is 3.14. The van der Waals surface area contributed by atoms with Crippen LogP contribution in [-0.2, 0) is 0 Å². The van der Waals surface area contributed by atoms with Crippen molar-refractivity contribution >= 4 is 17.6 Å². The van der Waals surface area contributed by atoms with E-state index in [0.717, 1.165) is 16.1 Å². The lowest BCUT2D eigenvalue weighted by atomic mass is 9.90. The number of ether oxygens (including phenoxy) is 3. The Morgan fingerprint density at radius 1 is 1.04 bits per heavy atom. The van der Waals surface area contributed by atoms with Crippen molar-refractivity contribution in [2.75, 3.05) is 28.4 Å². The Kier molecular flexibility index (Phi) is 6.55. The van der Waals surface area contributed by atoms with Crippen molar-refractivity contribution in [2.45, 2.75) is 32.1 Å². The molecule has 0 unspecified atom stereocenters. The maximum Gasteiger partial charge on any atom is 0.205 e. The van der Waals surface area contributed by atoms with Crippen LogP contribution in [0.2, 0.25) is 0 Å². The molecule has 2 aromatic rings. The number of methoxy groups -OCH3 is 3. The van der Waals surface area contributed by atoms with Gasteiger partial charge in [-0.05, 0) is 30.9 Å². The molecule has 27 heavy (non-hydrogen) atoms. The molecule has 0 saturated heterocycles. The lowest BCUT2D eigenvalue weighted by molar-refractivity contribution is 0.324. The smallest absolute Gasteiger partial charge is 0.205 e. The first-order valence-electron chi connectivity index (χ1n) is 9.20. The predicted octanol–water partition coefficient (Wildman–Crippen LogP) is 4.19. The van der Waals surface area contributed by atoms with Crippen LogP contribution < -0.4 is 19.0 Å². The van der Waals surface area contributed by atoms with Gasteiger partial charge in [-0.3, -0.25) is 4.99 Å². The molecule has 0 spiro atoms. The molecule has 0 aliphatic heterocycles. The van der Waals surface area contributed by atoms with Crippen molar-refractivity contribution in [2.24, 2.45) is 16.0 Å². The van der Waals surface area contributed by atoms with Gasteiger partial charge in [-0.1, -0.05) is 19.3 Å². The third-order valence-electron chi connectivity index (χ3n) is 4.88. The van der Waals surface area contributed by atoms with Gasteiger partial charge in [0.15, 0.2) is 11.5 Å². The molecular weight excluding hydrogens is 362 g/mol. The lowest BCUT2D eigenvalue weighted by Crippen LogP contribution is -2.14. The van der Waals surface area contributed by atoms with Gasteiger partial charge in [0.25, 0.3) is 0 Å². The number of hydrogen-bond acceptors (Lipinski definition) is 6. The summed E-state index contributed by atoms with van der Waals surface area (Å²) in [4.78, 5) is 5.23. The van der Waals surface area contributed by atoms with Crippen molar-refractivity contribution in [3.8, 4) is 28.5 Å². The Morgan fingerprint density at radius 2 is 1.70 bits per heavy atom. The van der Waals surface area contributed by atoms with Crippen LogP contribution in [0.3, 0.4) is 0 Å². The minimum absolute atomic E-state index is 0.545. The fraction of sp³-hybridized carbons (Fsp3) is 0.500. The first kappa shape index (κ1) is 19.5. The molecule has 1 aromatic carbocycles. The van der Waals surface area contributed by atoms with E-state index in [4.69, 9.17) is 19.3 Å². The van der Waals surface area contributed by atoms with Crippen LogP contribution in [0.5, 0.6) is 17.2 Å². The fourth-order valence-corrected chi connectivity index (χ4v) is 4.24. The molecular formula is C20H27N3O3S. The van der Waals surface area contributed by atoms with Crippen LogP contribution >= 0.6 is 11.3 Å². The highest BCUT2D eigenvalue weighted by Crippen LogP contribution is 2.41. The van der Waals surface area contributed by atoms with E-state index in [9.17, 15) is 0 Å². The Balaban J connectivity index is 2.05. The van der Waals surface area contributed by atoms with Crippen LogP contribution in [0.25, 0.3) is 11.3 Å². The molecule has 6 nitrogen and oxygen atoms in total. The molecule has 0 radical (unpaired) electrons. The highest BCUT2D eigenvalue weighted by molar-refractivity contribution is 7.07. The second kappa shape index (κ2) is 9.08. The molecule has 1 fully saturated rings. The highest BCUT2D eigenvalue weighted by Gasteiger charge is 2.17. The number of nitrogens with zero attached hydrogens (tertiary/aromatic N) is 3. The topological polar surface area (TPSA) is 57.3 Å². The second-order valence-electron chi connectivity index (χ2n) is 6.52. The Morgan fingerprint density at radius 3 is 2.26 bits per heavy atom. The average molecular weight is 390 g/mol. The summed E-state index contributed by atoms with van der Waals surface area (Å²) in [6.07, 6.45) is 8.42. The zero-order chi connectivity index (χ0) is 19.2. The van der Waals surface area contributed by atoms with Crippen molar-refractivity contribution in [1.29, 1.82) is 0 Å². The van der Waals surface area contributed by atoms with Crippen molar-refractivity contribution in [3.63, 3.8) is 0 Å². The number of benzene rings is 1. The molecule has 0 bridgehead atoms. The molecule has 3 rings (SSSR count). The predicted molar refractivity (Wildman–Crippen MR) is 109 cm³/mol. The monoisotopic (exact) mass is 389 g/mol. The number of thiazole rings is 1. The van der Waals surface area contributed by atoms with E-state index in [1.165, 1.54) is 32.1 Å². The van der Waals surface area contributed by atoms with Crippen LogP contribution in [-0.4, -0.2) is 39.3 Å². The Labute approximate surface area is 164 Å². The van der Waals surface area contributed by atoms with Gasteiger partial charge in [-0.25, -0.2) is 4.68 Å². The first-order valence-corrected chi connectivity index (χ1v) is 10.1. The summed E-state index contributed by atoms with van der Waals surface area (Å²) in [5.74, 6) is 2.37. The van der Waals surface area contributed by atoms with Gasteiger partial charge in [0.2, 0.25) is 10.6 Å². The van der Waals surface area contributed by atoms with Crippen LogP contribution in [0, 0.1) is 5.92 Å².